The normalized spacial score (nSPS) is 21.4. The van der Waals surface area contributed by atoms with Gasteiger partial charge in [0.15, 0.2) is 0 Å². The largest absolute Gasteiger partial charge is 0.304 e. The van der Waals surface area contributed by atoms with Gasteiger partial charge in [-0.1, -0.05) is 12.8 Å². The van der Waals surface area contributed by atoms with E-state index in [1.165, 1.54) is 38.5 Å². The lowest BCUT2D eigenvalue weighted by molar-refractivity contribution is 0.140. The van der Waals surface area contributed by atoms with Crippen LogP contribution >= 0.6 is 0 Å². The van der Waals surface area contributed by atoms with E-state index in [0.29, 0.717) is 17.8 Å². The van der Waals surface area contributed by atoms with Crippen LogP contribution in [0.2, 0.25) is 0 Å². The molecule has 0 spiro atoms. The molecular formula is C12H20N4O2S. The topological polar surface area (TPSA) is 90.9 Å². The van der Waals surface area contributed by atoms with Gasteiger partial charge >= 0.3 is 0 Å². The molecule has 19 heavy (non-hydrogen) atoms. The summed E-state index contributed by atoms with van der Waals surface area (Å²) in [6.45, 7) is 0. The van der Waals surface area contributed by atoms with Crippen molar-refractivity contribution in [2.45, 2.75) is 49.6 Å². The Morgan fingerprint density at radius 1 is 1.16 bits per heavy atom. The SMILES string of the molecule is Cn1c(C(C2CCC2)C2CCC2)nnc1S(N)(=O)=O. The Hall–Kier alpha value is -0.950. The number of rotatable bonds is 4. The molecule has 0 unspecified atom stereocenters. The van der Waals surface area contributed by atoms with Gasteiger partial charge in [0.05, 0.1) is 0 Å². The first-order chi connectivity index (χ1) is 8.98. The first-order valence-corrected chi connectivity index (χ1v) is 8.45. The lowest BCUT2D eigenvalue weighted by Crippen LogP contribution is -2.32. The molecule has 1 heterocycles. The highest BCUT2D eigenvalue weighted by atomic mass is 32.2. The van der Waals surface area contributed by atoms with Gasteiger partial charge in [-0.3, -0.25) is 0 Å². The number of hydrogen-bond acceptors (Lipinski definition) is 4. The molecule has 0 radical (unpaired) electrons. The quantitative estimate of drug-likeness (QED) is 0.897. The van der Waals surface area contributed by atoms with Crippen molar-refractivity contribution in [3.05, 3.63) is 5.82 Å². The van der Waals surface area contributed by atoms with Crippen LogP contribution in [0.15, 0.2) is 5.16 Å². The van der Waals surface area contributed by atoms with Crippen molar-refractivity contribution in [3.8, 4) is 0 Å². The maximum Gasteiger partial charge on any atom is 0.273 e. The average molecular weight is 284 g/mol. The molecule has 6 nitrogen and oxygen atoms in total. The smallest absolute Gasteiger partial charge is 0.273 e. The van der Waals surface area contributed by atoms with Crippen molar-refractivity contribution in [1.29, 1.82) is 0 Å². The second-order valence-corrected chi connectivity index (χ2v) is 7.31. The van der Waals surface area contributed by atoms with Crippen LogP contribution in [0.3, 0.4) is 0 Å². The highest BCUT2D eigenvalue weighted by Crippen LogP contribution is 2.49. The standard InChI is InChI=1S/C12H20N4O2S/c1-16-11(14-15-12(16)19(13,17)18)10(8-4-2-5-8)9-6-3-7-9/h8-10H,2-7H2,1H3,(H2,13,17,18). The van der Waals surface area contributed by atoms with Gasteiger partial charge in [-0.15, -0.1) is 10.2 Å². The summed E-state index contributed by atoms with van der Waals surface area (Å²) < 4.78 is 24.5. The Morgan fingerprint density at radius 2 is 1.68 bits per heavy atom. The summed E-state index contributed by atoms with van der Waals surface area (Å²) in [4.78, 5) is 0. The first kappa shape index (κ1) is 13.1. The fraction of sp³-hybridized carbons (Fsp3) is 0.833. The fourth-order valence-corrected chi connectivity index (χ4v) is 3.90. The third-order valence-electron chi connectivity index (χ3n) is 4.74. The monoisotopic (exact) mass is 284 g/mol. The molecule has 7 heteroatoms. The van der Waals surface area contributed by atoms with Crippen molar-refractivity contribution in [1.82, 2.24) is 14.8 Å². The Kier molecular flexibility index (Phi) is 3.13. The third-order valence-corrected chi connectivity index (χ3v) is 5.60. The molecule has 1 aromatic rings. The molecule has 2 aliphatic carbocycles. The van der Waals surface area contributed by atoms with Crippen molar-refractivity contribution < 1.29 is 8.42 Å². The van der Waals surface area contributed by atoms with E-state index in [0.717, 1.165) is 5.82 Å². The Labute approximate surface area is 113 Å². The Balaban J connectivity index is 1.96. The van der Waals surface area contributed by atoms with Crippen LogP contribution in [-0.2, 0) is 17.1 Å². The number of nitrogens with zero attached hydrogens (tertiary/aromatic N) is 3. The van der Waals surface area contributed by atoms with Crippen molar-refractivity contribution >= 4 is 10.0 Å². The van der Waals surface area contributed by atoms with Crippen molar-refractivity contribution in [2.24, 2.45) is 24.0 Å². The summed E-state index contributed by atoms with van der Waals surface area (Å²) in [6.07, 6.45) is 7.43. The van der Waals surface area contributed by atoms with Crippen LogP contribution in [-0.4, -0.2) is 23.2 Å². The van der Waals surface area contributed by atoms with Crippen molar-refractivity contribution in [3.63, 3.8) is 0 Å². The lowest BCUT2D eigenvalue weighted by Gasteiger charge is -2.41. The second-order valence-electron chi connectivity index (χ2n) is 5.85. The maximum absolute atomic E-state index is 11.5. The molecule has 3 rings (SSSR count). The van der Waals surface area contributed by atoms with Gasteiger partial charge in [-0.05, 0) is 37.5 Å². The second kappa shape index (κ2) is 4.56. The van der Waals surface area contributed by atoms with Gasteiger partial charge in [0.25, 0.3) is 15.2 Å². The van der Waals surface area contributed by atoms with E-state index < -0.39 is 10.0 Å². The van der Waals surface area contributed by atoms with E-state index in [4.69, 9.17) is 5.14 Å². The molecule has 1 aromatic heterocycles. The molecule has 2 saturated carbocycles. The van der Waals surface area contributed by atoms with Gasteiger partial charge < -0.3 is 4.57 Å². The number of nitrogens with two attached hydrogens (primary N) is 1. The fourth-order valence-electron chi connectivity index (χ4n) is 3.27. The van der Waals surface area contributed by atoms with E-state index in [1.54, 1.807) is 11.6 Å². The molecule has 0 bridgehead atoms. The van der Waals surface area contributed by atoms with Gasteiger partial charge in [0.1, 0.15) is 5.82 Å². The zero-order valence-electron chi connectivity index (χ0n) is 11.1. The highest BCUT2D eigenvalue weighted by molar-refractivity contribution is 7.89. The summed E-state index contributed by atoms with van der Waals surface area (Å²) in [5.74, 6) is 2.44. The molecule has 0 aliphatic heterocycles. The average Bonchev–Trinajstić information content (AvgIpc) is 2.52. The van der Waals surface area contributed by atoms with Crippen LogP contribution in [0.4, 0.5) is 0 Å². The molecule has 0 atom stereocenters. The number of hydrogen-bond donors (Lipinski definition) is 1. The van der Waals surface area contributed by atoms with Gasteiger partial charge in [0, 0.05) is 13.0 Å². The predicted octanol–water partition coefficient (Wildman–Crippen LogP) is 1.15. The summed E-state index contributed by atoms with van der Waals surface area (Å²) in [7, 11) is -2.08. The number of aromatic nitrogens is 3. The van der Waals surface area contributed by atoms with E-state index in [-0.39, 0.29) is 5.16 Å². The summed E-state index contributed by atoms with van der Waals surface area (Å²) in [6, 6.07) is 0. The van der Waals surface area contributed by atoms with E-state index >= 15 is 0 Å². The highest BCUT2D eigenvalue weighted by Gasteiger charge is 2.40. The lowest BCUT2D eigenvalue weighted by atomic mass is 9.64. The summed E-state index contributed by atoms with van der Waals surface area (Å²) >= 11 is 0. The third kappa shape index (κ3) is 2.18. The summed E-state index contributed by atoms with van der Waals surface area (Å²) in [5, 5.41) is 13.0. The van der Waals surface area contributed by atoms with Gasteiger partial charge in [-0.25, -0.2) is 13.6 Å². The van der Waals surface area contributed by atoms with Crippen LogP contribution in [0.1, 0.15) is 50.3 Å². The van der Waals surface area contributed by atoms with Crippen molar-refractivity contribution in [2.75, 3.05) is 0 Å². The predicted molar refractivity (Wildman–Crippen MR) is 69.8 cm³/mol. The summed E-state index contributed by atoms with van der Waals surface area (Å²) in [5.41, 5.74) is 0. The molecule has 0 aromatic carbocycles. The minimum atomic E-state index is -3.79. The van der Waals surface area contributed by atoms with Gasteiger partial charge in [0.2, 0.25) is 0 Å². The number of primary sulfonamides is 1. The number of sulfonamides is 1. The Morgan fingerprint density at radius 3 is 2.00 bits per heavy atom. The molecular weight excluding hydrogens is 264 g/mol. The van der Waals surface area contributed by atoms with Gasteiger partial charge in [-0.2, -0.15) is 0 Å². The molecule has 106 valence electrons. The minimum Gasteiger partial charge on any atom is -0.304 e. The van der Waals surface area contributed by atoms with Crippen LogP contribution in [0.25, 0.3) is 0 Å². The molecule has 2 aliphatic rings. The molecule has 2 fully saturated rings. The molecule has 0 saturated heterocycles. The maximum atomic E-state index is 11.5. The Bertz CT molecular complexity index is 559. The van der Waals surface area contributed by atoms with Crippen LogP contribution in [0, 0.1) is 11.8 Å². The van der Waals surface area contributed by atoms with E-state index in [1.807, 2.05) is 0 Å². The molecule has 0 amide bonds. The van der Waals surface area contributed by atoms with E-state index in [9.17, 15) is 8.42 Å². The first-order valence-electron chi connectivity index (χ1n) is 6.90. The van der Waals surface area contributed by atoms with Crippen LogP contribution in [0.5, 0.6) is 0 Å². The minimum absolute atomic E-state index is 0.119. The zero-order valence-corrected chi connectivity index (χ0v) is 11.9. The zero-order chi connectivity index (χ0) is 13.6. The van der Waals surface area contributed by atoms with E-state index in [2.05, 4.69) is 10.2 Å². The molecule has 2 N–H and O–H groups in total. The van der Waals surface area contributed by atoms with Crippen LogP contribution < -0.4 is 5.14 Å².